The van der Waals surface area contributed by atoms with Gasteiger partial charge in [0.2, 0.25) is 5.91 Å². The molecule has 0 spiro atoms. The first-order valence-electron chi connectivity index (χ1n) is 8.83. The van der Waals surface area contributed by atoms with Gasteiger partial charge < -0.3 is 14.5 Å². The third-order valence-electron chi connectivity index (χ3n) is 4.52. The highest BCUT2D eigenvalue weighted by atomic mass is 16.5. The van der Waals surface area contributed by atoms with E-state index in [1.807, 2.05) is 33.0 Å². The van der Waals surface area contributed by atoms with Crippen molar-refractivity contribution < 1.29 is 9.53 Å². The van der Waals surface area contributed by atoms with Gasteiger partial charge in [-0.05, 0) is 44.0 Å². The molecule has 1 unspecified atom stereocenters. The van der Waals surface area contributed by atoms with Gasteiger partial charge in [0.25, 0.3) is 0 Å². The van der Waals surface area contributed by atoms with Crippen LogP contribution in [0.25, 0.3) is 0 Å². The highest BCUT2D eigenvalue weighted by Crippen LogP contribution is 2.15. The third kappa shape index (κ3) is 5.49. The Morgan fingerprint density at radius 1 is 1.25 bits per heavy atom. The number of benzene rings is 1. The van der Waals surface area contributed by atoms with E-state index < -0.39 is 0 Å². The van der Waals surface area contributed by atoms with Gasteiger partial charge in [-0.25, -0.2) is 0 Å². The lowest BCUT2D eigenvalue weighted by molar-refractivity contribution is -0.132. The topological polar surface area (TPSA) is 36.0 Å². The Balaban J connectivity index is 1.83. The number of amides is 1. The lowest BCUT2D eigenvalue weighted by Crippen LogP contribution is -2.45. The smallest absolute Gasteiger partial charge is 0.236 e. The largest absolute Gasteiger partial charge is 0.378 e. The van der Waals surface area contributed by atoms with E-state index in [0.29, 0.717) is 13.1 Å². The zero-order valence-corrected chi connectivity index (χ0v) is 15.5. The van der Waals surface area contributed by atoms with Crippen LogP contribution in [0.5, 0.6) is 0 Å². The molecule has 0 aliphatic carbocycles. The maximum Gasteiger partial charge on any atom is 0.236 e. The molecule has 24 heavy (non-hydrogen) atoms. The summed E-state index contributed by atoms with van der Waals surface area (Å²) >= 11 is 0. The molecule has 0 N–H and O–H groups in total. The molecule has 0 radical (unpaired) electrons. The molecule has 1 aromatic rings. The summed E-state index contributed by atoms with van der Waals surface area (Å²) in [5.41, 5.74) is 2.32. The molecule has 1 aliphatic heterocycles. The Labute approximate surface area is 146 Å². The maximum atomic E-state index is 12.5. The second kappa shape index (κ2) is 9.04. The van der Waals surface area contributed by atoms with Crippen LogP contribution in [0.2, 0.25) is 0 Å². The number of carbonyl (C=O) groups excluding carboxylic acids is 1. The lowest BCUT2D eigenvalue weighted by atomic mass is 10.1. The molecule has 1 atom stereocenters. The van der Waals surface area contributed by atoms with Crippen LogP contribution in [0.4, 0.5) is 5.69 Å². The van der Waals surface area contributed by atoms with Crippen molar-refractivity contribution in [2.24, 2.45) is 0 Å². The van der Waals surface area contributed by atoms with Gasteiger partial charge in [0.1, 0.15) is 0 Å². The molecule has 1 heterocycles. The minimum absolute atomic E-state index is 0.170. The molecule has 5 nitrogen and oxygen atoms in total. The number of nitrogens with zero attached hydrogens (tertiary/aromatic N) is 3. The van der Waals surface area contributed by atoms with Gasteiger partial charge in [0.05, 0.1) is 12.6 Å². The number of hydrogen-bond acceptors (Lipinski definition) is 4. The molecule has 0 saturated carbocycles. The monoisotopic (exact) mass is 333 g/mol. The van der Waals surface area contributed by atoms with E-state index >= 15 is 0 Å². The average molecular weight is 333 g/mol. The summed E-state index contributed by atoms with van der Waals surface area (Å²) in [6, 6.07) is 8.35. The highest BCUT2D eigenvalue weighted by Gasteiger charge is 2.22. The summed E-state index contributed by atoms with van der Waals surface area (Å²) < 4.78 is 5.71. The van der Waals surface area contributed by atoms with Crippen LogP contribution < -0.4 is 4.90 Å². The van der Waals surface area contributed by atoms with E-state index in [1.54, 1.807) is 0 Å². The summed E-state index contributed by atoms with van der Waals surface area (Å²) in [6.45, 7) is 5.76. The number of likely N-dealkylation sites (N-methyl/N-ethyl adjacent to an activating group) is 1. The van der Waals surface area contributed by atoms with Crippen molar-refractivity contribution in [3.05, 3.63) is 29.8 Å². The van der Waals surface area contributed by atoms with Crippen LogP contribution in [0.3, 0.4) is 0 Å². The molecule has 1 aliphatic rings. The van der Waals surface area contributed by atoms with Crippen LogP contribution in [0.15, 0.2) is 24.3 Å². The summed E-state index contributed by atoms with van der Waals surface area (Å²) in [5.74, 6) is 0.170. The van der Waals surface area contributed by atoms with Crippen molar-refractivity contribution in [1.82, 2.24) is 9.80 Å². The zero-order chi connectivity index (χ0) is 17.5. The number of piperidine rings is 1. The predicted octanol–water partition coefficient (Wildman–Crippen LogP) is 2.21. The normalized spacial score (nSPS) is 18.4. The highest BCUT2D eigenvalue weighted by molar-refractivity contribution is 5.78. The van der Waals surface area contributed by atoms with Crippen LogP contribution in [0, 0.1) is 0 Å². The Morgan fingerprint density at radius 3 is 2.58 bits per heavy atom. The van der Waals surface area contributed by atoms with Gasteiger partial charge in [-0.3, -0.25) is 9.69 Å². The number of carbonyl (C=O) groups is 1. The fraction of sp³-hybridized carbons (Fsp3) is 0.632. The van der Waals surface area contributed by atoms with Crippen LogP contribution in [0.1, 0.15) is 25.3 Å². The van der Waals surface area contributed by atoms with E-state index in [-0.39, 0.29) is 12.0 Å². The molecule has 1 saturated heterocycles. The van der Waals surface area contributed by atoms with Crippen molar-refractivity contribution >= 4 is 11.6 Å². The lowest BCUT2D eigenvalue weighted by Gasteiger charge is -2.33. The van der Waals surface area contributed by atoms with E-state index in [0.717, 1.165) is 38.1 Å². The Morgan fingerprint density at radius 2 is 1.96 bits per heavy atom. The first kappa shape index (κ1) is 18.7. The van der Waals surface area contributed by atoms with Crippen LogP contribution in [-0.2, 0) is 16.1 Å². The minimum Gasteiger partial charge on any atom is -0.378 e. The summed E-state index contributed by atoms with van der Waals surface area (Å²) in [5, 5.41) is 0. The van der Waals surface area contributed by atoms with Crippen molar-refractivity contribution in [3.63, 3.8) is 0 Å². The average Bonchev–Trinajstić information content (AvgIpc) is 2.56. The standard InChI is InChI=1S/C19H31N3O2/c1-5-24-18-7-6-12-22(14-18)15-19(23)21(4)13-16-8-10-17(11-9-16)20(2)3/h8-11,18H,5-7,12-15H2,1-4H3. The second-order valence-corrected chi connectivity index (χ2v) is 6.77. The molecule has 1 amide bonds. The third-order valence-corrected chi connectivity index (χ3v) is 4.52. The van der Waals surface area contributed by atoms with Crippen molar-refractivity contribution in [2.75, 3.05) is 52.3 Å². The summed E-state index contributed by atoms with van der Waals surface area (Å²) in [6.07, 6.45) is 2.49. The molecule has 134 valence electrons. The van der Waals surface area contributed by atoms with Crippen molar-refractivity contribution in [2.45, 2.75) is 32.4 Å². The van der Waals surface area contributed by atoms with Gasteiger partial charge in [-0.1, -0.05) is 12.1 Å². The van der Waals surface area contributed by atoms with Gasteiger partial charge in [-0.2, -0.15) is 0 Å². The number of anilines is 1. The van der Waals surface area contributed by atoms with Gasteiger partial charge >= 0.3 is 0 Å². The van der Waals surface area contributed by atoms with E-state index in [4.69, 9.17) is 4.74 Å². The summed E-state index contributed by atoms with van der Waals surface area (Å²) in [7, 11) is 5.93. The van der Waals surface area contributed by atoms with Crippen molar-refractivity contribution in [1.29, 1.82) is 0 Å². The maximum absolute atomic E-state index is 12.5. The molecular weight excluding hydrogens is 302 g/mol. The zero-order valence-electron chi connectivity index (χ0n) is 15.5. The number of hydrogen-bond donors (Lipinski definition) is 0. The fourth-order valence-corrected chi connectivity index (χ4v) is 3.10. The first-order chi connectivity index (χ1) is 11.5. The first-order valence-corrected chi connectivity index (χ1v) is 8.83. The van der Waals surface area contributed by atoms with Crippen LogP contribution >= 0.6 is 0 Å². The van der Waals surface area contributed by atoms with Crippen molar-refractivity contribution in [3.8, 4) is 0 Å². The summed E-state index contributed by atoms with van der Waals surface area (Å²) in [4.78, 5) is 18.6. The van der Waals surface area contributed by atoms with E-state index in [1.165, 1.54) is 5.69 Å². The molecule has 1 fully saturated rings. The molecular formula is C19H31N3O2. The quantitative estimate of drug-likeness (QED) is 0.766. The van der Waals surface area contributed by atoms with Gasteiger partial charge in [0.15, 0.2) is 0 Å². The molecule has 0 aromatic heterocycles. The number of ether oxygens (including phenoxy) is 1. The number of rotatable bonds is 7. The minimum atomic E-state index is 0.170. The van der Waals surface area contributed by atoms with Gasteiger partial charge in [-0.15, -0.1) is 0 Å². The van der Waals surface area contributed by atoms with E-state index in [2.05, 4.69) is 34.1 Å². The van der Waals surface area contributed by atoms with Gasteiger partial charge in [0, 0.05) is 46.5 Å². The Kier molecular flexibility index (Phi) is 7.06. The van der Waals surface area contributed by atoms with Crippen LogP contribution in [-0.4, -0.2) is 69.2 Å². The number of likely N-dealkylation sites (tertiary alicyclic amines) is 1. The Hall–Kier alpha value is -1.59. The second-order valence-electron chi connectivity index (χ2n) is 6.77. The SMILES string of the molecule is CCOC1CCCN(CC(=O)N(C)Cc2ccc(N(C)C)cc2)C1. The predicted molar refractivity (Wildman–Crippen MR) is 98.3 cm³/mol. The molecule has 1 aromatic carbocycles. The Bertz CT molecular complexity index is 514. The molecule has 2 rings (SSSR count). The fourth-order valence-electron chi connectivity index (χ4n) is 3.10. The van der Waals surface area contributed by atoms with E-state index in [9.17, 15) is 4.79 Å². The molecule has 5 heteroatoms. The molecule has 0 bridgehead atoms.